The molecule has 0 bridgehead atoms. The van der Waals surface area contributed by atoms with Gasteiger partial charge in [0.1, 0.15) is 0 Å². The Kier molecular flexibility index (Phi) is 7.43. The van der Waals surface area contributed by atoms with Crippen LogP contribution in [0.5, 0.6) is 0 Å². The van der Waals surface area contributed by atoms with Gasteiger partial charge in [-0.3, -0.25) is 0 Å². The van der Waals surface area contributed by atoms with Crippen molar-refractivity contribution >= 4 is 23.3 Å². The van der Waals surface area contributed by atoms with Crippen molar-refractivity contribution in [2.45, 2.75) is 33.5 Å². The molecular formula is C12H24AsO6P. The molecule has 0 amide bonds. The van der Waals surface area contributed by atoms with Crippen molar-refractivity contribution in [2.75, 3.05) is 26.4 Å². The first-order valence-corrected chi connectivity index (χ1v) is 10.5. The van der Waals surface area contributed by atoms with E-state index in [0.717, 1.165) is 0 Å². The van der Waals surface area contributed by atoms with Crippen LogP contribution in [0.15, 0.2) is 12.7 Å². The number of hydrogen-bond donors (Lipinski definition) is 0. The van der Waals surface area contributed by atoms with Gasteiger partial charge in [0.2, 0.25) is 0 Å². The van der Waals surface area contributed by atoms with Crippen molar-refractivity contribution in [3.8, 4) is 0 Å². The van der Waals surface area contributed by atoms with E-state index in [-0.39, 0.29) is 18.6 Å². The fourth-order valence-corrected chi connectivity index (χ4v) is 6.92. The van der Waals surface area contributed by atoms with Crippen LogP contribution in [-0.2, 0) is 24.8 Å². The van der Waals surface area contributed by atoms with Gasteiger partial charge < -0.3 is 0 Å². The maximum atomic E-state index is 12.6. The molecule has 0 aromatic heterocycles. The Hall–Kier alpha value is 0.328. The molecule has 0 aromatic rings. The molecule has 1 aliphatic heterocycles. The van der Waals surface area contributed by atoms with Gasteiger partial charge in [-0.25, -0.2) is 0 Å². The first kappa shape index (κ1) is 18.4. The predicted octanol–water partition coefficient (Wildman–Crippen LogP) is 2.84. The topological polar surface area (TPSA) is 63.2 Å². The van der Waals surface area contributed by atoms with Crippen LogP contribution in [0.1, 0.15) is 27.7 Å². The van der Waals surface area contributed by atoms with Crippen molar-refractivity contribution < 1.29 is 24.8 Å². The summed E-state index contributed by atoms with van der Waals surface area (Å²) in [6, 6.07) is 0. The van der Waals surface area contributed by atoms with Gasteiger partial charge in [-0.2, -0.15) is 0 Å². The molecule has 1 fully saturated rings. The van der Waals surface area contributed by atoms with Crippen LogP contribution in [0.4, 0.5) is 0 Å². The Morgan fingerprint density at radius 3 is 2.20 bits per heavy atom. The molecule has 0 N–H and O–H groups in total. The Labute approximate surface area is 126 Å². The third kappa shape index (κ3) is 5.27. The van der Waals surface area contributed by atoms with Crippen LogP contribution < -0.4 is 0 Å². The van der Waals surface area contributed by atoms with E-state index in [9.17, 15) is 4.57 Å². The summed E-state index contributed by atoms with van der Waals surface area (Å²) < 4.78 is 40.0. The third-order valence-corrected chi connectivity index (χ3v) is 7.25. The third-order valence-electron chi connectivity index (χ3n) is 2.45. The fraction of sp³-hybridized carbons (Fsp3) is 0.833. The first-order chi connectivity index (χ1) is 9.37. The summed E-state index contributed by atoms with van der Waals surface area (Å²) in [5.74, 6) is -0.858. The monoisotopic (exact) mass is 370 g/mol. The zero-order valence-corrected chi connectivity index (χ0v) is 15.3. The minimum atomic E-state index is -3.39. The van der Waals surface area contributed by atoms with Gasteiger partial charge in [-0.15, -0.1) is 0 Å². The molecule has 1 heterocycles. The van der Waals surface area contributed by atoms with E-state index >= 15 is 0 Å². The van der Waals surface area contributed by atoms with Crippen LogP contribution in [0.25, 0.3) is 0 Å². The zero-order chi connectivity index (χ0) is 15.2. The molecule has 0 aromatic carbocycles. The molecule has 0 saturated carbocycles. The quantitative estimate of drug-likeness (QED) is 0.372. The predicted molar refractivity (Wildman–Crippen MR) is 77.4 cm³/mol. The molecule has 8 heteroatoms. The van der Waals surface area contributed by atoms with E-state index in [1.165, 1.54) is 6.08 Å². The summed E-state index contributed by atoms with van der Waals surface area (Å²) >= 11 is -2.41. The Morgan fingerprint density at radius 2 is 1.80 bits per heavy atom. The molecule has 0 spiro atoms. The SMILES string of the molecule is C=CC(O[As]1OCC(C)(C)CO1)P(=O)(OCC)OCC. The Bertz CT molecular complexity index is 342. The molecule has 1 rings (SSSR count). The summed E-state index contributed by atoms with van der Waals surface area (Å²) in [5, 5.41) is 0. The molecule has 1 saturated heterocycles. The van der Waals surface area contributed by atoms with Gasteiger partial charge in [0.25, 0.3) is 0 Å². The zero-order valence-electron chi connectivity index (χ0n) is 12.5. The van der Waals surface area contributed by atoms with Crippen molar-refractivity contribution in [2.24, 2.45) is 5.41 Å². The summed E-state index contributed by atoms with van der Waals surface area (Å²) in [5.41, 5.74) is -0.0260. The van der Waals surface area contributed by atoms with Crippen LogP contribution >= 0.6 is 7.60 Å². The van der Waals surface area contributed by atoms with Gasteiger partial charge in [-0.05, 0) is 0 Å². The van der Waals surface area contributed by atoms with Gasteiger partial charge in [0.15, 0.2) is 0 Å². The second-order valence-corrected chi connectivity index (χ2v) is 9.61. The Balaban J connectivity index is 2.66. The Morgan fingerprint density at radius 1 is 1.30 bits per heavy atom. The van der Waals surface area contributed by atoms with E-state index in [4.69, 9.17) is 20.2 Å². The van der Waals surface area contributed by atoms with Gasteiger partial charge in [0.05, 0.1) is 0 Å². The summed E-state index contributed by atoms with van der Waals surface area (Å²) in [6.45, 7) is 12.9. The van der Waals surface area contributed by atoms with Crippen LogP contribution in [0, 0.1) is 5.41 Å². The normalized spacial score (nSPS) is 21.6. The second kappa shape index (κ2) is 8.09. The molecule has 20 heavy (non-hydrogen) atoms. The summed E-state index contributed by atoms with van der Waals surface area (Å²) in [4.78, 5) is 0. The number of rotatable bonds is 8. The van der Waals surface area contributed by atoms with E-state index < -0.39 is 29.1 Å². The molecule has 1 aliphatic rings. The molecule has 0 radical (unpaired) electrons. The standard InChI is InChI=1S/C12H24AsO6P/c1-6-11(20(14,17-7-2)18-8-3)19-13-15-9-12(4,5)10-16-13/h6,11H,1,7-10H2,2-5H3. The molecule has 1 unspecified atom stereocenters. The molecule has 1 atom stereocenters. The van der Waals surface area contributed by atoms with E-state index in [2.05, 4.69) is 20.4 Å². The average molecular weight is 370 g/mol. The van der Waals surface area contributed by atoms with Gasteiger partial charge in [0, 0.05) is 0 Å². The van der Waals surface area contributed by atoms with Gasteiger partial charge in [-0.1, -0.05) is 0 Å². The van der Waals surface area contributed by atoms with E-state index in [1.54, 1.807) is 13.8 Å². The van der Waals surface area contributed by atoms with E-state index in [0.29, 0.717) is 13.2 Å². The minimum absolute atomic E-state index is 0.0260. The van der Waals surface area contributed by atoms with Crippen molar-refractivity contribution in [3.63, 3.8) is 0 Å². The molecule has 0 aliphatic carbocycles. The number of hydrogen-bond acceptors (Lipinski definition) is 6. The van der Waals surface area contributed by atoms with Crippen LogP contribution in [0.2, 0.25) is 0 Å². The average Bonchev–Trinajstić information content (AvgIpc) is 2.38. The summed E-state index contributed by atoms with van der Waals surface area (Å²) in [7, 11) is -3.39. The second-order valence-electron chi connectivity index (χ2n) is 5.04. The van der Waals surface area contributed by atoms with Crippen molar-refractivity contribution in [3.05, 3.63) is 12.7 Å². The van der Waals surface area contributed by atoms with Crippen molar-refractivity contribution in [1.82, 2.24) is 0 Å². The van der Waals surface area contributed by atoms with Crippen molar-refractivity contribution in [1.29, 1.82) is 0 Å². The van der Waals surface area contributed by atoms with Crippen LogP contribution in [0.3, 0.4) is 0 Å². The molecule has 118 valence electrons. The van der Waals surface area contributed by atoms with Crippen LogP contribution in [-0.4, -0.2) is 47.9 Å². The fourth-order valence-electron chi connectivity index (χ4n) is 1.46. The first-order valence-electron chi connectivity index (χ1n) is 6.61. The molecule has 6 nitrogen and oxygen atoms in total. The molecular weight excluding hydrogens is 346 g/mol. The summed E-state index contributed by atoms with van der Waals surface area (Å²) in [6.07, 6.45) is 1.42. The van der Waals surface area contributed by atoms with E-state index in [1.807, 2.05) is 0 Å². The maximum absolute atomic E-state index is 12.6. The van der Waals surface area contributed by atoms with Gasteiger partial charge >= 0.3 is 126 Å².